The standard InChI is InChI=1S/C15H17NO/c1-2-17-14-11-7-6-10-13(14)15(16)12-8-4-3-5-9-12/h3-11,15H,2,16H2,1H3. The first-order valence-corrected chi connectivity index (χ1v) is 5.85. The molecule has 0 radical (unpaired) electrons. The number of rotatable bonds is 4. The second kappa shape index (κ2) is 5.51. The Morgan fingerprint density at radius 1 is 1.00 bits per heavy atom. The molecular weight excluding hydrogens is 210 g/mol. The van der Waals surface area contributed by atoms with E-state index in [0.29, 0.717) is 6.61 Å². The van der Waals surface area contributed by atoms with Crippen LogP contribution >= 0.6 is 0 Å². The summed E-state index contributed by atoms with van der Waals surface area (Å²) in [7, 11) is 0. The first kappa shape index (κ1) is 11.7. The van der Waals surface area contributed by atoms with Gasteiger partial charge in [0.25, 0.3) is 0 Å². The van der Waals surface area contributed by atoms with E-state index in [0.717, 1.165) is 16.9 Å². The van der Waals surface area contributed by atoms with Crippen LogP contribution in [0.4, 0.5) is 0 Å². The largest absolute Gasteiger partial charge is 0.494 e. The molecule has 2 aromatic carbocycles. The number of ether oxygens (including phenoxy) is 1. The van der Waals surface area contributed by atoms with Crippen molar-refractivity contribution in [3.63, 3.8) is 0 Å². The maximum Gasteiger partial charge on any atom is 0.124 e. The van der Waals surface area contributed by atoms with E-state index in [1.165, 1.54) is 0 Å². The lowest BCUT2D eigenvalue weighted by Gasteiger charge is -2.16. The van der Waals surface area contributed by atoms with Gasteiger partial charge >= 0.3 is 0 Å². The Balaban J connectivity index is 2.33. The monoisotopic (exact) mass is 227 g/mol. The highest BCUT2D eigenvalue weighted by atomic mass is 16.5. The fourth-order valence-electron chi connectivity index (χ4n) is 1.86. The zero-order chi connectivity index (χ0) is 12.1. The Kier molecular flexibility index (Phi) is 3.78. The zero-order valence-corrected chi connectivity index (χ0v) is 9.97. The van der Waals surface area contributed by atoms with Gasteiger partial charge in [-0.05, 0) is 18.6 Å². The van der Waals surface area contributed by atoms with Gasteiger partial charge in [0.05, 0.1) is 12.6 Å². The van der Waals surface area contributed by atoms with E-state index in [2.05, 4.69) is 0 Å². The van der Waals surface area contributed by atoms with Crippen molar-refractivity contribution in [2.45, 2.75) is 13.0 Å². The molecule has 0 aliphatic heterocycles. The van der Waals surface area contributed by atoms with E-state index in [1.807, 2.05) is 61.5 Å². The fraction of sp³-hybridized carbons (Fsp3) is 0.200. The molecule has 1 atom stereocenters. The van der Waals surface area contributed by atoms with E-state index >= 15 is 0 Å². The Labute approximate surface area is 102 Å². The average molecular weight is 227 g/mol. The van der Waals surface area contributed by atoms with Crippen molar-refractivity contribution in [3.05, 3.63) is 65.7 Å². The lowest BCUT2D eigenvalue weighted by atomic mass is 9.99. The normalized spacial score (nSPS) is 12.1. The highest BCUT2D eigenvalue weighted by Crippen LogP contribution is 2.27. The van der Waals surface area contributed by atoms with Gasteiger partial charge in [0.1, 0.15) is 5.75 Å². The van der Waals surface area contributed by atoms with E-state index in [9.17, 15) is 0 Å². The molecule has 17 heavy (non-hydrogen) atoms. The molecule has 0 heterocycles. The fourth-order valence-corrected chi connectivity index (χ4v) is 1.86. The lowest BCUT2D eigenvalue weighted by Crippen LogP contribution is -2.13. The highest BCUT2D eigenvalue weighted by Gasteiger charge is 2.12. The summed E-state index contributed by atoms with van der Waals surface area (Å²) in [6.45, 7) is 2.63. The van der Waals surface area contributed by atoms with E-state index in [1.54, 1.807) is 0 Å². The van der Waals surface area contributed by atoms with Crippen LogP contribution in [0.3, 0.4) is 0 Å². The van der Waals surface area contributed by atoms with Gasteiger partial charge in [-0.1, -0.05) is 48.5 Å². The molecule has 0 aromatic heterocycles. The molecule has 0 saturated heterocycles. The van der Waals surface area contributed by atoms with Gasteiger partial charge in [-0.25, -0.2) is 0 Å². The average Bonchev–Trinajstić information content (AvgIpc) is 2.40. The van der Waals surface area contributed by atoms with Crippen LogP contribution in [0.15, 0.2) is 54.6 Å². The molecular formula is C15H17NO. The third-order valence-electron chi connectivity index (χ3n) is 2.71. The maximum absolute atomic E-state index is 6.27. The molecule has 2 nitrogen and oxygen atoms in total. The minimum atomic E-state index is -0.140. The van der Waals surface area contributed by atoms with E-state index in [4.69, 9.17) is 10.5 Å². The molecule has 2 N–H and O–H groups in total. The summed E-state index contributed by atoms with van der Waals surface area (Å²) in [6, 6.07) is 17.8. The minimum absolute atomic E-state index is 0.140. The molecule has 2 heteroatoms. The smallest absolute Gasteiger partial charge is 0.124 e. The zero-order valence-electron chi connectivity index (χ0n) is 9.97. The van der Waals surface area contributed by atoms with Gasteiger partial charge in [0.2, 0.25) is 0 Å². The second-order valence-corrected chi connectivity index (χ2v) is 3.86. The van der Waals surface area contributed by atoms with Crippen LogP contribution in [0.1, 0.15) is 24.1 Å². The quantitative estimate of drug-likeness (QED) is 0.871. The first-order valence-electron chi connectivity index (χ1n) is 5.85. The van der Waals surface area contributed by atoms with Gasteiger partial charge in [0.15, 0.2) is 0 Å². The lowest BCUT2D eigenvalue weighted by molar-refractivity contribution is 0.335. The van der Waals surface area contributed by atoms with Crippen molar-refractivity contribution in [2.75, 3.05) is 6.61 Å². The summed E-state index contributed by atoms with van der Waals surface area (Å²) >= 11 is 0. The number of hydrogen-bond acceptors (Lipinski definition) is 2. The summed E-state index contributed by atoms with van der Waals surface area (Å²) in [6.07, 6.45) is 0. The third-order valence-corrected chi connectivity index (χ3v) is 2.71. The van der Waals surface area contributed by atoms with Crippen LogP contribution in [0.2, 0.25) is 0 Å². The van der Waals surface area contributed by atoms with Crippen LogP contribution in [-0.2, 0) is 0 Å². The van der Waals surface area contributed by atoms with Crippen molar-refractivity contribution in [1.29, 1.82) is 0 Å². The van der Waals surface area contributed by atoms with Crippen LogP contribution in [0, 0.1) is 0 Å². The molecule has 0 fully saturated rings. The van der Waals surface area contributed by atoms with Gasteiger partial charge in [-0.15, -0.1) is 0 Å². The summed E-state index contributed by atoms with van der Waals surface area (Å²) < 4.78 is 5.60. The Morgan fingerprint density at radius 3 is 2.35 bits per heavy atom. The number of nitrogens with two attached hydrogens (primary N) is 1. The summed E-state index contributed by atoms with van der Waals surface area (Å²) in [5.41, 5.74) is 8.39. The summed E-state index contributed by atoms with van der Waals surface area (Å²) in [5.74, 6) is 0.867. The molecule has 0 aliphatic rings. The second-order valence-electron chi connectivity index (χ2n) is 3.86. The molecule has 0 spiro atoms. The molecule has 1 unspecified atom stereocenters. The van der Waals surface area contributed by atoms with Gasteiger partial charge in [-0.2, -0.15) is 0 Å². The Hall–Kier alpha value is -1.80. The number of para-hydroxylation sites is 1. The number of hydrogen-bond donors (Lipinski definition) is 1. The molecule has 2 rings (SSSR count). The summed E-state index contributed by atoms with van der Waals surface area (Å²) in [4.78, 5) is 0. The van der Waals surface area contributed by atoms with E-state index < -0.39 is 0 Å². The van der Waals surface area contributed by atoms with Crippen LogP contribution < -0.4 is 10.5 Å². The van der Waals surface area contributed by atoms with Crippen molar-refractivity contribution in [3.8, 4) is 5.75 Å². The Morgan fingerprint density at radius 2 is 1.65 bits per heavy atom. The Bertz CT molecular complexity index is 467. The summed E-state index contributed by atoms with van der Waals surface area (Å²) in [5, 5.41) is 0. The first-order chi connectivity index (χ1) is 8.33. The predicted octanol–water partition coefficient (Wildman–Crippen LogP) is 3.13. The van der Waals surface area contributed by atoms with Gasteiger partial charge < -0.3 is 10.5 Å². The van der Waals surface area contributed by atoms with Crippen LogP contribution in [0.5, 0.6) is 5.75 Å². The predicted molar refractivity (Wildman–Crippen MR) is 70.1 cm³/mol. The van der Waals surface area contributed by atoms with Gasteiger partial charge in [0, 0.05) is 5.56 Å². The van der Waals surface area contributed by atoms with E-state index in [-0.39, 0.29) is 6.04 Å². The van der Waals surface area contributed by atoms with Crippen molar-refractivity contribution in [2.24, 2.45) is 5.73 Å². The molecule has 2 aromatic rings. The molecule has 0 bridgehead atoms. The molecule has 88 valence electrons. The van der Waals surface area contributed by atoms with Crippen molar-refractivity contribution < 1.29 is 4.74 Å². The molecule has 0 aliphatic carbocycles. The van der Waals surface area contributed by atoms with Crippen molar-refractivity contribution in [1.82, 2.24) is 0 Å². The topological polar surface area (TPSA) is 35.2 Å². The van der Waals surface area contributed by atoms with Crippen molar-refractivity contribution >= 4 is 0 Å². The number of benzene rings is 2. The molecule has 0 amide bonds. The molecule has 0 saturated carbocycles. The minimum Gasteiger partial charge on any atom is -0.494 e. The third kappa shape index (κ3) is 2.66. The SMILES string of the molecule is CCOc1ccccc1C(N)c1ccccc1. The highest BCUT2D eigenvalue weighted by molar-refractivity contribution is 5.41. The van der Waals surface area contributed by atoms with Crippen LogP contribution in [0.25, 0.3) is 0 Å². The van der Waals surface area contributed by atoms with Crippen LogP contribution in [-0.4, -0.2) is 6.61 Å². The van der Waals surface area contributed by atoms with Gasteiger partial charge in [-0.3, -0.25) is 0 Å². The maximum atomic E-state index is 6.27.